The molecule has 1 aliphatic rings. The summed E-state index contributed by atoms with van der Waals surface area (Å²) in [4.78, 5) is 0.285. The fourth-order valence-electron chi connectivity index (χ4n) is 1.69. The fraction of sp³-hybridized carbons (Fsp3) is 0.455. The lowest BCUT2D eigenvalue weighted by atomic mass is 10.2. The second-order valence-corrected chi connectivity index (χ2v) is 5.92. The van der Waals surface area contributed by atoms with Gasteiger partial charge in [0, 0.05) is 19.1 Å². The van der Waals surface area contributed by atoms with Gasteiger partial charge in [-0.2, -0.15) is 4.31 Å². The minimum absolute atomic E-state index is 0.0347. The number of nitrogens with zero attached hydrogens (tertiary/aromatic N) is 1. The molecule has 1 aromatic carbocycles. The van der Waals surface area contributed by atoms with Crippen molar-refractivity contribution in [3.05, 3.63) is 24.3 Å². The summed E-state index contributed by atoms with van der Waals surface area (Å²) in [5, 5.41) is 0. The minimum atomic E-state index is -3.37. The van der Waals surface area contributed by atoms with Gasteiger partial charge in [-0.15, -0.1) is 0 Å². The van der Waals surface area contributed by atoms with E-state index in [1.54, 1.807) is 24.3 Å². The lowest BCUT2D eigenvalue weighted by molar-refractivity contribution is 0.265. The normalized spacial score (nSPS) is 17.8. The predicted octanol–water partition coefficient (Wildman–Crippen LogP) is 0.417. The Hall–Kier alpha value is -1.11. The van der Waals surface area contributed by atoms with Gasteiger partial charge in [-0.05, 0) is 31.2 Å². The quantitative estimate of drug-likeness (QED) is 0.847. The maximum absolute atomic E-state index is 12.1. The van der Waals surface area contributed by atoms with Crippen LogP contribution in [0.3, 0.4) is 0 Å². The third kappa shape index (κ3) is 2.43. The van der Waals surface area contributed by atoms with Crippen LogP contribution in [0, 0.1) is 0 Å². The predicted molar refractivity (Wildman–Crippen MR) is 64.3 cm³/mol. The van der Waals surface area contributed by atoms with Crippen LogP contribution < -0.4 is 10.5 Å². The molecule has 1 saturated heterocycles. The topological polar surface area (TPSA) is 72.6 Å². The van der Waals surface area contributed by atoms with E-state index in [0.29, 0.717) is 25.4 Å². The average molecular weight is 256 g/mol. The van der Waals surface area contributed by atoms with Crippen LogP contribution in [0.15, 0.2) is 29.2 Å². The first-order valence-corrected chi connectivity index (χ1v) is 6.96. The molecule has 0 atom stereocenters. The summed E-state index contributed by atoms with van der Waals surface area (Å²) in [7, 11) is -3.37. The molecule has 1 fully saturated rings. The van der Waals surface area contributed by atoms with Gasteiger partial charge < -0.3 is 10.5 Å². The molecule has 0 amide bonds. The molecule has 0 aliphatic carbocycles. The van der Waals surface area contributed by atoms with Gasteiger partial charge in [-0.25, -0.2) is 8.42 Å². The molecule has 5 nitrogen and oxygen atoms in total. The molecule has 0 radical (unpaired) electrons. The number of benzene rings is 1. The molecule has 0 saturated carbocycles. The molecule has 2 N–H and O–H groups in total. The Morgan fingerprint density at radius 2 is 1.94 bits per heavy atom. The van der Waals surface area contributed by atoms with Gasteiger partial charge >= 0.3 is 0 Å². The van der Waals surface area contributed by atoms with Gasteiger partial charge in [0.2, 0.25) is 10.0 Å². The van der Waals surface area contributed by atoms with Gasteiger partial charge in [0.15, 0.2) is 0 Å². The number of hydrogen-bond donors (Lipinski definition) is 1. The Morgan fingerprint density at radius 3 is 2.41 bits per heavy atom. The van der Waals surface area contributed by atoms with Crippen molar-refractivity contribution in [2.45, 2.75) is 17.9 Å². The summed E-state index contributed by atoms with van der Waals surface area (Å²) in [6.07, 6.45) is 0. The van der Waals surface area contributed by atoms with Gasteiger partial charge in [-0.1, -0.05) is 0 Å². The van der Waals surface area contributed by atoms with E-state index in [-0.39, 0.29) is 10.9 Å². The van der Waals surface area contributed by atoms with Crippen LogP contribution >= 0.6 is 0 Å². The summed E-state index contributed by atoms with van der Waals surface area (Å²) in [6, 6.07) is 6.41. The Morgan fingerprint density at radius 1 is 1.35 bits per heavy atom. The Kier molecular flexibility index (Phi) is 3.37. The molecule has 17 heavy (non-hydrogen) atoms. The van der Waals surface area contributed by atoms with Gasteiger partial charge in [-0.3, -0.25) is 0 Å². The summed E-state index contributed by atoms with van der Waals surface area (Å²) in [5.74, 6) is 0.673. The number of sulfonamides is 1. The smallest absolute Gasteiger partial charge is 0.243 e. The van der Waals surface area contributed by atoms with Crippen LogP contribution in [0.2, 0.25) is 0 Å². The van der Waals surface area contributed by atoms with E-state index in [1.807, 2.05) is 6.92 Å². The molecule has 6 heteroatoms. The van der Waals surface area contributed by atoms with Crippen molar-refractivity contribution in [2.75, 3.05) is 19.7 Å². The van der Waals surface area contributed by atoms with E-state index < -0.39 is 10.0 Å². The van der Waals surface area contributed by atoms with E-state index in [1.165, 1.54) is 4.31 Å². The Bertz CT molecular complexity index is 478. The van der Waals surface area contributed by atoms with Crippen molar-refractivity contribution in [3.8, 4) is 5.75 Å². The molecule has 0 spiro atoms. The van der Waals surface area contributed by atoms with Crippen LogP contribution in [0.5, 0.6) is 5.75 Å². The van der Waals surface area contributed by atoms with Crippen LogP contribution in [0.1, 0.15) is 6.92 Å². The highest BCUT2D eigenvalue weighted by molar-refractivity contribution is 7.89. The summed E-state index contributed by atoms with van der Waals surface area (Å²) in [6.45, 7) is 3.24. The third-order valence-electron chi connectivity index (χ3n) is 2.65. The molecule has 1 aromatic rings. The lowest BCUT2D eigenvalue weighted by Gasteiger charge is -2.35. The number of rotatable bonds is 4. The maximum Gasteiger partial charge on any atom is 0.243 e. The fourth-order valence-corrected chi connectivity index (χ4v) is 3.24. The van der Waals surface area contributed by atoms with Crippen molar-refractivity contribution in [2.24, 2.45) is 5.73 Å². The lowest BCUT2D eigenvalue weighted by Crippen LogP contribution is -2.57. The van der Waals surface area contributed by atoms with Gasteiger partial charge in [0.25, 0.3) is 0 Å². The Balaban J connectivity index is 2.16. The molecular weight excluding hydrogens is 240 g/mol. The van der Waals surface area contributed by atoms with E-state index in [9.17, 15) is 8.42 Å². The first-order chi connectivity index (χ1) is 8.04. The monoisotopic (exact) mass is 256 g/mol. The highest BCUT2D eigenvalue weighted by atomic mass is 32.2. The standard InChI is InChI=1S/C11H16N2O3S/c1-2-16-10-3-5-11(6-4-10)17(14,15)13-7-9(12)8-13/h3-6,9H,2,7-8,12H2,1H3. The number of ether oxygens (including phenoxy) is 1. The zero-order chi connectivity index (χ0) is 12.5. The van der Waals surface area contributed by atoms with E-state index >= 15 is 0 Å². The minimum Gasteiger partial charge on any atom is -0.494 e. The van der Waals surface area contributed by atoms with Crippen LogP contribution in [-0.2, 0) is 10.0 Å². The highest BCUT2D eigenvalue weighted by Crippen LogP contribution is 2.22. The van der Waals surface area contributed by atoms with Crippen LogP contribution in [0.25, 0.3) is 0 Å². The van der Waals surface area contributed by atoms with Crippen molar-refractivity contribution in [3.63, 3.8) is 0 Å². The molecule has 0 bridgehead atoms. The van der Waals surface area contributed by atoms with Crippen LogP contribution in [0.4, 0.5) is 0 Å². The molecule has 94 valence electrons. The second-order valence-electron chi connectivity index (χ2n) is 3.99. The third-order valence-corrected chi connectivity index (χ3v) is 4.49. The summed E-state index contributed by atoms with van der Waals surface area (Å²) >= 11 is 0. The van der Waals surface area contributed by atoms with Crippen molar-refractivity contribution in [1.82, 2.24) is 4.31 Å². The van der Waals surface area contributed by atoms with Crippen molar-refractivity contribution < 1.29 is 13.2 Å². The van der Waals surface area contributed by atoms with Gasteiger partial charge in [0.05, 0.1) is 11.5 Å². The van der Waals surface area contributed by atoms with Crippen molar-refractivity contribution in [1.29, 1.82) is 0 Å². The van der Waals surface area contributed by atoms with Crippen LogP contribution in [-0.4, -0.2) is 38.5 Å². The largest absolute Gasteiger partial charge is 0.494 e. The number of hydrogen-bond acceptors (Lipinski definition) is 4. The van der Waals surface area contributed by atoms with E-state index in [2.05, 4.69) is 0 Å². The second kappa shape index (κ2) is 4.64. The zero-order valence-corrected chi connectivity index (χ0v) is 10.5. The van der Waals surface area contributed by atoms with Gasteiger partial charge in [0.1, 0.15) is 5.75 Å². The van der Waals surface area contributed by atoms with E-state index in [4.69, 9.17) is 10.5 Å². The average Bonchev–Trinajstić information content (AvgIpc) is 2.26. The highest BCUT2D eigenvalue weighted by Gasteiger charge is 2.34. The number of nitrogens with two attached hydrogens (primary N) is 1. The molecule has 1 heterocycles. The molecule has 0 unspecified atom stereocenters. The molecule has 0 aromatic heterocycles. The summed E-state index contributed by atoms with van der Waals surface area (Å²) in [5.41, 5.74) is 5.58. The first-order valence-electron chi connectivity index (χ1n) is 5.52. The Labute approximate surface area is 101 Å². The van der Waals surface area contributed by atoms with Crippen molar-refractivity contribution >= 4 is 10.0 Å². The molecule has 2 rings (SSSR count). The SMILES string of the molecule is CCOc1ccc(S(=O)(=O)N2CC(N)C2)cc1. The molecule has 1 aliphatic heterocycles. The summed E-state index contributed by atoms with van der Waals surface area (Å²) < 4.78 is 30.8. The maximum atomic E-state index is 12.1. The van der Waals surface area contributed by atoms with E-state index in [0.717, 1.165) is 0 Å². The first kappa shape index (κ1) is 12.3. The molecular formula is C11H16N2O3S. The zero-order valence-electron chi connectivity index (χ0n) is 9.67.